The van der Waals surface area contributed by atoms with E-state index in [-0.39, 0.29) is 17.8 Å². The van der Waals surface area contributed by atoms with Crippen molar-refractivity contribution < 1.29 is 9.90 Å². The Balaban J connectivity index is 1.91. The van der Waals surface area contributed by atoms with Gasteiger partial charge in [0.25, 0.3) is 0 Å². The lowest BCUT2D eigenvalue weighted by Gasteiger charge is -2.27. The Hall–Kier alpha value is -1.71. The van der Waals surface area contributed by atoms with E-state index in [1.54, 1.807) is 12.1 Å². The van der Waals surface area contributed by atoms with Gasteiger partial charge in [0, 0.05) is 6.04 Å². The molecular weight excluding hydrogens is 228 g/mol. The molecule has 1 saturated carbocycles. The Morgan fingerprint density at radius 2 is 2.06 bits per heavy atom. The number of hydrogen-bond donors (Lipinski definition) is 3. The zero-order chi connectivity index (χ0) is 13.0. The van der Waals surface area contributed by atoms with Gasteiger partial charge in [-0.2, -0.15) is 0 Å². The van der Waals surface area contributed by atoms with Crippen LogP contribution < -0.4 is 10.6 Å². The van der Waals surface area contributed by atoms with E-state index in [4.69, 9.17) is 0 Å². The fraction of sp³-hybridized carbons (Fsp3) is 0.500. The summed E-state index contributed by atoms with van der Waals surface area (Å²) in [5.74, 6) is 0.243. The van der Waals surface area contributed by atoms with Gasteiger partial charge in [-0.1, -0.05) is 19.1 Å². The number of phenolic OH excluding ortho intramolecular Hbond substituents is 1. The van der Waals surface area contributed by atoms with Crippen LogP contribution >= 0.6 is 0 Å². The first kappa shape index (κ1) is 12.7. The molecule has 18 heavy (non-hydrogen) atoms. The Kier molecular flexibility index (Phi) is 4.07. The first-order valence-corrected chi connectivity index (χ1v) is 6.55. The fourth-order valence-electron chi connectivity index (χ4n) is 2.07. The predicted octanol–water partition coefficient (Wildman–Crippen LogP) is 2.70. The minimum Gasteiger partial charge on any atom is -0.508 e. The molecule has 0 unspecified atom stereocenters. The average Bonchev–Trinajstić information content (AvgIpc) is 2.32. The smallest absolute Gasteiger partial charge is 0.315 e. The number of phenols is 1. The molecule has 0 heterocycles. The van der Waals surface area contributed by atoms with Gasteiger partial charge in [-0.25, -0.2) is 4.79 Å². The van der Waals surface area contributed by atoms with Crippen molar-refractivity contribution in [3.8, 4) is 5.75 Å². The van der Waals surface area contributed by atoms with Crippen molar-refractivity contribution in [3.05, 3.63) is 29.8 Å². The Bertz CT molecular complexity index is 399. The molecule has 4 nitrogen and oxygen atoms in total. The van der Waals surface area contributed by atoms with E-state index in [1.165, 1.54) is 6.42 Å². The second-order valence-corrected chi connectivity index (χ2v) is 4.80. The molecule has 2 rings (SSSR count). The summed E-state index contributed by atoms with van der Waals surface area (Å²) >= 11 is 0. The summed E-state index contributed by atoms with van der Waals surface area (Å²) in [7, 11) is 0. The van der Waals surface area contributed by atoms with Crippen molar-refractivity contribution in [1.29, 1.82) is 0 Å². The molecule has 1 aromatic carbocycles. The van der Waals surface area contributed by atoms with Gasteiger partial charge in [0.2, 0.25) is 0 Å². The number of rotatable bonds is 4. The molecule has 0 saturated heterocycles. The van der Waals surface area contributed by atoms with Crippen molar-refractivity contribution in [2.45, 2.75) is 44.7 Å². The third kappa shape index (κ3) is 3.15. The van der Waals surface area contributed by atoms with Crippen molar-refractivity contribution in [1.82, 2.24) is 10.6 Å². The molecule has 98 valence electrons. The third-order valence-corrected chi connectivity index (χ3v) is 3.45. The number of hydrogen-bond acceptors (Lipinski definition) is 2. The van der Waals surface area contributed by atoms with Gasteiger partial charge in [0.1, 0.15) is 5.75 Å². The lowest BCUT2D eigenvalue weighted by Crippen LogP contribution is -2.46. The summed E-state index contributed by atoms with van der Waals surface area (Å²) in [4.78, 5) is 11.8. The lowest BCUT2D eigenvalue weighted by atomic mass is 9.93. The standard InChI is InChI=1S/C14H20N2O2/c1-2-13(10-6-8-12(17)9-7-10)16-14(18)15-11-4-3-5-11/h6-9,11,13,17H,2-5H2,1H3,(H2,15,16,18)/t13-/m0/s1. The molecule has 1 aliphatic carbocycles. The van der Waals surface area contributed by atoms with Crippen LogP contribution in [0.1, 0.15) is 44.2 Å². The van der Waals surface area contributed by atoms with Crippen LogP contribution in [-0.4, -0.2) is 17.2 Å². The number of aromatic hydroxyl groups is 1. The highest BCUT2D eigenvalue weighted by Gasteiger charge is 2.20. The summed E-state index contributed by atoms with van der Waals surface area (Å²) in [5.41, 5.74) is 1.01. The molecule has 0 aromatic heterocycles. The predicted molar refractivity (Wildman–Crippen MR) is 70.4 cm³/mol. The normalized spacial score (nSPS) is 16.7. The lowest BCUT2D eigenvalue weighted by molar-refractivity contribution is 0.224. The van der Waals surface area contributed by atoms with E-state index in [1.807, 2.05) is 19.1 Å². The molecule has 0 aliphatic heterocycles. The summed E-state index contributed by atoms with van der Waals surface area (Å²) in [6, 6.07) is 7.21. The Morgan fingerprint density at radius 3 is 2.56 bits per heavy atom. The van der Waals surface area contributed by atoms with Gasteiger partial charge < -0.3 is 15.7 Å². The average molecular weight is 248 g/mol. The number of carbonyl (C=O) groups excluding carboxylic acids is 1. The first-order valence-electron chi connectivity index (χ1n) is 6.55. The number of amides is 2. The summed E-state index contributed by atoms with van der Waals surface area (Å²) in [6.07, 6.45) is 4.20. The highest BCUT2D eigenvalue weighted by Crippen LogP contribution is 2.20. The zero-order valence-electron chi connectivity index (χ0n) is 10.6. The first-order chi connectivity index (χ1) is 8.69. The van der Waals surface area contributed by atoms with Gasteiger partial charge in [-0.05, 0) is 43.4 Å². The van der Waals surface area contributed by atoms with Crippen LogP contribution in [0.25, 0.3) is 0 Å². The van der Waals surface area contributed by atoms with E-state index < -0.39 is 0 Å². The van der Waals surface area contributed by atoms with E-state index in [2.05, 4.69) is 10.6 Å². The summed E-state index contributed by atoms with van der Waals surface area (Å²) in [6.45, 7) is 2.03. The quantitative estimate of drug-likeness (QED) is 0.767. The zero-order valence-corrected chi connectivity index (χ0v) is 10.6. The van der Waals surface area contributed by atoms with Crippen molar-refractivity contribution in [2.24, 2.45) is 0 Å². The molecule has 1 aliphatic rings. The largest absolute Gasteiger partial charge is 0.508 e. The van der Waals surface area contributed by atoms with E-state index in [9.17, 15) is 9.90 Å². The van der Waals surface area contributed by atoms with Gasteiger partial charge in [0.15, 0.2) is 0 Å². The van der Waals surface area contributed by atoms with Crippen LogP contribution in [0, 0.1) is 0 Å². The van der Waals surface area contributed by atoms with Crippen LogP contribution in [0.5, 0.6) is 5.75 Å². The van der Waals surface area contributed by atoms with E-state index in [0.717, 1.165) is 24.8 Å². The summed E-state index contributed by atoms with van der Waals surface area (Å²) in [5, 5.41) is 15.2. The van der Waals surface area contributed by atoms with Crippen LogP contribution in [0.15, 0.2) is 24.3 Å². The maximum absolute atomic E-state index is 11.8. The van der Waals surface area contributed by atoms with Gasteiger partial charge in [-0.15, -0.1) is 0 Å². The van der Waals surface area contributed by atoms with Crippen LogP contribution in [0.3, 0.4) is 0 Å². The number of carbonyl (C=O) groups is 1. The second-order valence-electron chi connectivity index (χ2n) is 4.80. The highest BCUT2D eigenvalue weighted by molar-refractivity contribution is 5.74. The molecule has 2 amide bonds. The van der Waals surface area contributed by atoms with Crippen LogP contribution in [-0.2, 0) is 0 Å². The van der Waals surface area contributed by atoms with Crippen molar-refractivity contribution in [2.75, 3.05) is 0 Å². The van der Waals surface area contributed by atoms with Crippen LogP contribution in [0.2, 0.25) is 0 Å². The molecule has 0 bridgehead atoms. The molecule has 0 radical (unpaired) electrons. The minimum absolute atomic E-state index is 0.00863. The van der Waals surface area contributed by atoms with Gasteiger partial charge in [0.05, 0.1) is 6.04 Å². The van der Waals surface area contributed by atoms with Crippen molar-refractivity contribution >= 4 is 6.03 Å². The number of nitrogens with one attached hydrogen (secondary N) is 2. The topological polar surface area (TPSA) is 61.4 Å². The van der Waals surface area contributed by atoms with Crippen molar-refractivity contribution in [3.63, 3.8) is 0 Å². The maximum atomic E-state index is 11.8. The maximum Gasteiger partial charge on any atom is 0.315 e. The molecule has 0 spiro atoms. The SMILES string of the molecule is CC[C@H](NC(=O)NC1CCC1)c1ccc(O)cc1. The minimum atomic E-state index is -0.0976. The number of benzene rings is 1. The van der Waals surface area contributed by atoms with Crippen LogP contribution in [0.4, 0.5) is 4.79 Å². The highest BCUT2D eigenvalue weighted by atomic mass is 16.3. The molecule has 3 N–H and O–H groups in total. The Labute approximate surface area is 107 Å². The fourth-order valence-corrected chi connectivity index (χ4v) is 2.07. The summed E-state index contributed by atoms with van der Waals surface area (Å²) < 4.78 is 0. The molecule has 1 aromatic rings. The molecule has 1 fully saturated rings. The van der Waals surface area contributed by atoms with Gasteiger partial charge >= 0.3 is 6.03 Å². The monoisotopic (exact) mass is 248 g/mol. The molecule has 4 heteroatoms. The molecular formula is C14H20N2O2. The Morgan fingerprint density at radius 1 is 1.39 bits per heavy atom. The van der Waals surface area contributed by atoms with E-state index in [0.29, 0.717) is 6.04 Å². The van der Waals surface area contributed by atoms with Gasteiger partial charge in [-0.3, -0.25) is 0 Å². The number of urea groups is 1. The van der Waals surface area contributed by atoms with E-state index >= 15 is 0 Å². The second kappa shape index (κ2) is 5.76. The molecule has 1 atom stereocenters. The third-order valence-electron chi connectivity index (χ3n) is 3.45.